The van der Waals surface area contributed by atoms with Crippen LogP contribution in [-0.2, 0) is 4.79 Å². The van der Waals surface area contributed by atoms with Gasteiger partial charge in [-0.05, 0) is 38.5 Å². The van der Waals surface area contributed by atoms with Crippen LogP contribution in [0.25, 0.3) is 0 Å². The third-order valence-electron chi connectivity index (χ3n) is 4.72. The number of carbonyl (C=O) groups excluding carboxylic acids is 1. The van der Waals surface area contributed by atoms with Gasteiger partial charge in [0.15, 0.2) is 0 Å². The fraction of sp³-hybridized carbons (Fsp3) is 0.857. The second-order valence-electron chi connectivity index (χ2n) is 5.59. The maximum atomic E-state index is 12.4. The van der Waals surface area contributed by atoms with E-state index in [2.05, 4.69) is 18.3 Å². The van der Waals surface area contributed by atoms with Crippen molar-refractivity contribution in [1.29, 1.82) is 5.26 Å². The smallest absolute Gasteiger partial charge is 0.226 e. The third kappa shape index (κ3) is 2.31. The summed E-state index contributed by atoms with van der Waals surface area (Å²) in [7, 11) is 0. The first kappa shape index (κ1) is 12.4. The summed E-state index contributed by atoms with van der Waals surface area (Å²) in [4.78, 5) is 12.4. The molecule has 0 aromatic heterocycles. The van der Waals surface area contributed by atoms with Crippen molar-refractivity contribution in [2.45, 2.75) is 64.3 Å². The Labute approximate surface area is 104 Å². The van der Waals surface area contributed by atoms with E-state index >= 15 is 0 Å². The van der Waals surface area contributed by atoms with E-state index in [1.165, 1.54) is 12.8 Å². The van der Waals surface area contributed by atoms with Gasteiger partial charge in [-0.1, -0.05) is 19.8 Å². The number of hydrogen-bond donors (Lipinski definition) is 1. The van der Waals surface area contributed by atoms with Crippen molar-refractivity contribution in [3.05, 3.63) is 0 Å². The van der Waals surface area contributed by atoms with Crippen molar-refractivity contribution < 1.29 is 4.79 Å². The molecule has 0 aromatic carbocycles. The molecule has 1 N–H and O–H groups in total. The monoisotopic (exact) mass is 234 g/mol. The molecule has 0 radical (unpaired) electrons. The minimum Gasteiger partial charge on any atom is -0.352 e. The largest absolute Gasteiger partial charge is 0.352 e. The molecule has 2 atom stereocenters. The first-order chi connectivity index (χ1) is 8.22. The molecule has 94 valence electrons. The quantitative estimate of drug-likeness (QED) is 0.816. The Morgan fingerprint density at radius 1 is 1.35 bits per heavy atom. The second kappa shape index (κ2) is 5.08. The van der Waals surface area contributed by atoms with Gasteiger partial charge in [0.2, 0.25) is 5.91 Å². The molecule has 0 aromatic rings. The maximum absolute atomic E-state index is 12.4. The minimum atomic E-state index is -0.122. The summed E-state index contributed by atoms with van der Waals surface area (Å²) in [5, 5.41) is 12.2. The maximum Gasteiger partial charge on any atom is 0.226 e. The zero-order valence-corrected chi connectivity index (χ0v) is 10.7. The lowest BCUT2D eigenvalue weighted by Crippen LogP contribution is -2.45. The lowest BCUT2D eigenvalue weighted by molar-refractivity contribution is -0.131. The van der Waals surface area contributed by atoms with Gasteiger partial charge in [-0.15, -0.1) is 0 Å². The molecule has 0 bridgehead atoms. The van der Waals surface area contributed by atoms with Gasteiger partial charge in [0, 0.05) is 11.5 Å². The summed E-state index contributed by atoms with van der Waals surface area (Å²) < 4.78 is 0. The lowest BCUT2D eigenvalue weighted by Gasteiger charge is -2.28. The number of hydrogen-bond acceptors (Lipinski definition) is 2. The molecule has 0 heterocycles. The number of nitrogens with zero attached hydrogens (tertiary/aromatic N) is 1. The topological polar surface area (TPSA) is 52.9 Å². The molecule has 0 spiro atoms. The van der Waals surface area contributed by atoms with E-state index in [-0.39, 0.29) is 23.3 Å². The van der Waals surface area contributed by atoms with Gasteiger partial charge in [0.05, 0.1) is 12.0 Å². The Bertz CT molecular complexity index is 326. The molecule has 17 heavy (non-hydrogen) atoms. The molecule has 2 rings (SSSR count). The van der Waals surface area contributed by atoms with Crippen molar-refractivity contribution >= 4 is 5.91 Å². The van der Waals surface area contributed by atoms with Gasteiger partial charge in [-0.25, -0.2) is 0 Å². The van der Waals surface area contributed by atoms with Crippen LogP contribution in [0, 0.1) is 22.7 Å². The predicted octanol–water partition coefficient (Wildman–Crippen LogP) is 2.77. The number of carbonyl (C=O) groups is 1. The highest BCUT2D eigenvalue weighted by Gasteiger charge is 2.41. The summed E-state index contributed by atoms with van der Waals surface area (Å²) in [5.74, 6) is 0.249. The van der Waals surface area contributed by atoms with Crippen molar-refractivity contribution in [1.82, 2.24) is 5.32 Å². The summed E-state index contributed by atoms with van der Waals surface area (Å²) in [6, 6.07) is 2.43. The van der Waals surface area contributed by atoms with Crippen LogP contribution in [-0.4, -0.2) is 11.9 Å². The van der Waals surface area contributed by atoms with Crippen molar-refractivity contribution in [3.8, 4) is 6.07 Å². The van der Waals surface area contributed by atoms with Crippen LogP contribution in [0.2, 0.25) is 0 Å². The lowest BCUT2D eigenvalue weighted by atomic mass is 9.82. The number of nitrogens with one attached hydrogen (secondary N) is 1. The second-order valence-corrected chi connectivity index (χ2v) is 5.59. The van der Waals surface area contributed by atoms with E-state index in [0.717, 1.165) is 38.5 Å². The molecule has 2 aliphatic carbocycles. The van der Waals surface area contributed by atoms with Gasteiger partial charge < -0.3 is 5.32 Å². The molecule has 2 fully saturated rings. The van der Waals surface area contributed by atoms with Crippen LogP contribution in [0.15, 0.2) is 0 Å². The average Bonchev–Trinajstić information content (AvgIpc) is 2.97. The minimum absolute atomic E-state index is 0.0364. The van der Waals surface area contributed by atoms with Crippen molar-refractivity contribution in [2.75, 3.05) is 0 Å². The molecule has 3 nitrogen and oxygen atoms in total. The normalized spacial score (nSPS) is 31.1. The van der Waals surface area contributed by atoms with E-state index < -0.39 is 0 Å². The summed E-state index contributed by atoms with van der Waals surface area (Å²) >= 11 is 0. The molecular formula is C14H22N2O. The van der Waals surface area contributed by atoms with Crippen LogP contribution in [0.3, 0.4) is 0 Å². The first-order valence-corrected chi connectivity index (χ1v) is 6.92. The molecule has 2 unspecified atom stereocenters. The van der Waals surface area contributed by atoms with Crippen LogP contribution in [0.4, 0.5) is 0 Å². The van der Waals surface area contributed by atoms with Gasteiger partial charge in [0.1, 0.15) is 0 Å². The fourth-order valence-electron chi connectivity index (χ4n) is 3.40. The molecule has 3 heteroatoms. The molecule has 0 saturated heterocycles. The van der Waals surface area contributed by atoms with E-state index in [0.29, 0.717) is 0 Å². The molecule has 2 saturated carbocycles. The summed E-state index contributed by atoms with van der Waals surface area (Å²) in [6.07, 6.45) is 8.33. The van der Waals surface area contributed by atoms with E-state index in [1.807, 2.05) is 0 Å². The number of amides is 1. The van der Waals surface area contributed by atoms with E-state index in [4.69, 9.17) is 5.26 Å². The molecule has 2 aliphatic rings. The van der Waals surface area contributed by atoms with E-state index in [1.54, 1.807) is 0 Å². The highest BCUT2D eigenvalue weighted by molar-refractivity contribution is 5.83. The highest BCUT2D eigenvalue weighted by atomic mass is 16.2. The standard InChI is InChI=1S/C14H22N2O/c1-2-14(8-3-4-9-14)13(17)16-12-7-5-6-11(12)10-15/h11-12H,2-9H2,1H3,(H,16,17). The van der Waals surface area contributed by atoms with Gasteiger partial charge in [-0.3, -0.25) is 4.79 Å². The predicted molar refractivity (Wildman–Crippen MR) is 66.1 cm³/mol. The van der Waals surface area contributed by atoms with Gasteiger partial charge >= 0.3 is 0 Å². The van der Waals surface area contributed by atoms with Crippen molar-refractivity contribution in [2.24, 2.45) is 11.3 Å². The third-order valence-corrected chi connectivity index (χ3v) is 4.72. The Morgan fingerprint density at radius 3 is 2.65 bits per heavy atom. The Kier molecular flexibility index (Phi) is 3.71. The van der Waals surface area contributed by atoms with Gasteiger partial charge in [-0.2, -0.15) is 5.26 Å². The van der Waals surface area contributed by atoms with E-state index in [9.17, 15) is 4.79 Å². The van der Waals surface area contributed by atoms with Crippen LogP contribution < -0.4 is 5.32 Å². The van der Waals surface area contributed by atoms with Gasteiger partial charge in [0.25, 0.3) is 0 Å². The average molecular weight is 234 g/mol. The number of rotatable bonds is 3. The van der Waals surface area contributed by atoms with Crippen LogP contribution in [0.1, 0.15) is 58.3 Å². The molecule has 1 amide bonds. The van der Waals surface area contributed by atoms with Crippen LogP contribution in [0.5, 0.6) is 0 Å². The summed E-state index contributed by atoms with van der Waals surface area (Å²) in [5.41, 5.74) is -0.122. The fourth-order valence-corrected chi connectivity index (χ4v) is 3.40. The highest BCUT2D eigenvalue weighted by Crippen LogP contribution is 2.41. The zero-order valence-electron chi connectivity index (χ0n) is 10.7. The molecular weight excluding hydrogens is 212 g/mol. The SMILES string of the molecule is CCC1(C(=O)NC2CCCC2C#N)CCCC1. The van der Waals surface area contributed by atoms with Crippen LogP contribution >= 0.6 is 0 Å². The zero-order chi connectivity index (χ0) is 12.3. The molecule has 0 aliphatic heterocycles. The first-order valence-electron chi connectivity index (χ1n) is 6.92. The Balaban J connectivity index is 1.99. The number of nitriles is 1. The summed E-state index contributed by atoms with van der Waals surface area (Å²) in [6.45, 7) is 2.11. The Hall–Kier alpha value is -1.04. The Morgan fingerprint density at radius 2 is 2.06 bits per heavy atom. The van der Waals surface area contributed by atoms with Crippen molar-refractivity contribution in [3.63, 3.8) is 0 Å².